The molecule has 1 aromatic heterocycles. The highest BCUT2D eigenvalue weighted by atomic mass is 16.5. The van der Waals surface area contributed by atoms with Gasteiger partial charge in [-0.15, -0.1) is 0 Å². The van der Waals surface area contributed by atoms with E-state index in [1.807, 2.05) is 68.4 Å². The molecule has 1 aliphatic heterocycles. The molecular formula is C34H29NO6. The first-order valence-corrected chi connectivity index (χ1v) is 13.5. The van der Waals surface area contributed by atoms with Crippen LogP contribution in [0.25, 0.3) is 11.0 Å². The molecule has 0 fully saturated rings. The lowest BCUT2D eigenvalue weighted by Gasteiger charge is -2.26. The molecule has 206 valence electrons. The molecule has 0 saturated heterocycles. The number of carbonyl (C=O) groups excluding carboxylic acids is 1. The van der Waals surface area contributed by atoms with Crippen LogP contribution in [0.2, 0.25) is 0 Å². The molecule has 0 radical (unpaired) electrons. The SMILES string of the molecule is CCOc1cc(C2c3c(oc4ccc(C)cc4c3=O)C(=O)N2c2ccc(OC)cc2)ccc1OCc1ccccc1. The van der Waals surface area contributed by atoms with Gasteiger partial charge in [-0.25, -0.2) is 0 Å². The molecule has 0 saturated carbocycles. The van der Waals surface area contributed by atoms with E-state index in [2.05, 4.69) is 0 Å². The molecule has 1 atom stereocenters. The zero-order valence-corrected chi connectivity index (χ0v) is 23.0. The highest BCUT2D eigenvalue weighted by Crippen LogP contribution is 2.43. The highest BCUT2D eigenvalue weighted by Gasteiger charge is 2.44. The molecule has 0 spiro atoms. The van der Waals surface area contributed by atoms with Crippen LogP contribution in [0.4, 0.5) is 5.69 Å². The van der Waals surface area contributed by atoms with Crippen LogP contribution in [0.1, 0.15) is 45.8 Å². The number of ether oxygens (including phenoxy) is 3. The molecule has 5 aromatic rings. The lowest BCUT2D eigenvalue weighted by molar-refractivity contribution is 0.0971. The summed E-state index contributed by atoms with van der Waals surface area (Å²) in [5.74, 6) is 1.40. The Kier molecular flexibility index (Phi) is 6.93. The third-order valence-electron chi connectivity index (χ3n) is 7.20. The van der Waals surface area contributed by atoms with Crippen LogP contribution in [0.5, 0.6) is 17.2 Å². The highest BCUT2D eigenvalue weighted by molar-refractivity contribution is 6.10. The topological polar surface area (TPSA) is 78.2 Å². The standard InChI is InChI=1S/C34H29NO6/c1-4-39-29-19-23(11-17-28(29)40-20-22-8-6-5-7-9-22)31-30-32(36)26-18-21(2)10-16-27(26)41-33(30)34(37)35(31)24-12-14-25(38-3)15-13-24/h5-19,31H,4,20H2,1-3H3. The first-order valence-electron chi connectivity index (χ1n) is 13.5. The molecule has 6 rings (SSSR count). The van der Waals surface area contributed by atoms with Gasteiger partial charge in [-0.2, -0.15) is 0 Å². The summed E-state index contributed by atoms with van der Waals surface area (Å²) in [5.41, 5.74) is 3.70. The van der Waals surface area contributed by atoms with Crippen molar-refractivity contribution in [3.63, 3.8) is 0 Å². The number of nitrogens with zero attached hydrogens (tertiary/aromatic N) is 1. The molecule has 7 nitrogen and oxygen atoms in total. The monoisotopic (exact) mass is 547 g/mol. The average Bonchev–Trinajstić information content (AvgIpc) is 3.29. The van der Waals surface area contributed by atoms with Crippen molar-refractivity contribution in [2.24, 2.45) is 0 Å². The van der Waals surface area contributed by atoms with Crippen molar-refractivity contribution < 1.29 is 23.4 Å². The smallest absolute Gasteiger partial charge is 0.295 e. The number of rotatable bonds is 8. The molecule has 1 amide bonds. The van der Waals surface area contributed by atoms with Gasteiger partial charge in [0.05, 0.1) is 30.7 Å². The Hall–Kier alpha value is -5.04. The van der Waals surface area contributed by atoms with E-state index in [0.717, 1.165) is 11.1 Å². The van der Waals surface area contributed by atoms with Gasteiger partial charge in [-0.3, -0.25) is 14.5 Å². The lowest BCUT2D eigenvalue weighted by atomic mass is 9.97. The number of amides is 1. The molecule has 2 heterocycles. The van der Waals surface area contributed by atoms with E-state index in [1.54, 1.807) is 48.4 Å². The number of benzene rings is 4. The van der Waals surface area contributed by atoms with Crippen molar-refractivity contribution in [3.8, 4) is 17.2 Å². The molecule has 1 unspecified atom stereocenters. The maximum atomic E-state index is 14.0. The van der Waals surface area contributed by atoms with E-state index in [9.17, 15) is 9.59 Å². The second-order valence-corrected chi connectivity index (χ2v) is 9.86. The normalized spacial score (nSPS) is 14.3. The zero-order chi connectivity index (χ0) is 28.5. The van der Waals surface area contributed by atoms with Gasteiger partial charge in [0.15, 0.2) is 16.9 Å². The summed E-state index contributed by atoms with van der Waals surface area (Å²) in [6, 6.07) is 27.2. The van der Waals surface area contributed by atoms with Crippen molar-refractivity contribution in [1.82, 2.24) is 0 Å². The minimum Gasteiger partial charge on any atom is -0.497 e. The van der Waals surface area contributed by atoms with Crippen LogP contribution in [0.3, 0.4) is 0 Å². The second-order valence-electron chi connectivity index (χ2n) is 9.86. The van der Waals surface area contributed by atoms with Gasteiger partial charge in [-0.1, -0.05) is 48.0 Å². The summed E-state index contributed by atoms with van der Waals surface area (Å²) in [5, 5.41) is 0.436. The maximum absolute atomic E-state index is 14.0. The fourth-order valence-electron chi connectivity index (χ4n) is 5.23. The largest absolute Gasteiger partial charge is 0.497 e. The summed E-state index contributed by atoms with van der Waals surface area (Å²) in [6.45, 7) is 4.60. The van der Waals surface area contributed by atoms with Crippen molar-refractivity contribution in [2.75, 3.05) is 18.6 Å². The Morgan fingerprint density at radius 2 is 1.63 bits per heavy atom. The minimum absolute atomic E-state index is 0.0366. The Morgan fingerprint density at radius 1 is 0.854 bits per heavy atom. The van der Waals surface area contributed by atoms with Gasteiger partial charge in [0.2, 0.25) is 5.76 Å². The molecule has 4 aromatic carbocycles. The first kappa shape index (κ1) is 26.2. The zero-order valence-electron chi connectivity index (χ0n) is 23.0. The Bertz CT molecular complexity index is 1790. The van der Waals surface area contributed by atoms with E-state index in [1.165, 1.54) is 0 Å². The third-order valence-corrected chi connectivity index (χ3v) is 7.20. The van der Waals surface area contributed by atoms with Crippen LogP contribution < -0.4 is 24.5 Å². The van der Waals surface area contributed by atoms with Crippen LogP contribution in [-0.2, 0) is 6.61 Å². The first-order chi connectivity index (χ1) is 20.0. The minimum atomic E-state index is -0.741. The molecule has 0 bridgehead atoms. The molecule has 41 heavy (non-hydrogen) atoms. The summed E-state index contributed by atoms with van der Waals surface area (Å²) in [7, 11) is 1.58. The van der Waals surface area contributed by atoms with Gasteiger partial charge < -0.3 is 18.6 Å². The van der Waals surface area contributed by atoms with Crippen LogP contribution in [-0.4, -0.2) is 19.6 Å². The molecule has 1 aliphatic rings. The van der Waals surface area contributed by atoms with Gasteiger partial charge in [0.1, 0.15) is 17.9 Å². The predicted octanol–water partition coefficient (Wildman–Crippen LogP) is 6.84. The van der Waals surface area contributed by atoms with Gasteiger partial charge in [0.25, 0.3) is 5.91 Å². The number of anilines is 1. The summed E-state index contributed by atoms with van der Waals surface area (Å²) in [6.07, 6.45) is 0. The number of aryl methyl sites for hydroxylation is 1. The summed E-state index contributed by atoms with van der Waals surface area (Å²) < 4.78 is 23.5. The van der Waals surface area contributed by atoms with Crippen LogP contribution in [0.15, 0.2) is 100 Å². The lowest BCUT2D eigenvalue weighted by Crippen LogP contribution is -2.29. The predicted molar refractivity (Wildman–Crippen MR) is 157 cm³/mol. The quantitative estimate of drug-likeness (QED) is 0.212. The van der Waals surface area contributed by atoms with E-state index < -0.39 is 11.9 Å². The summed E-state index contributed by atoms with van der Waals surface area (Å²) in [4.78, 5) is 29.5. The average molecular weight is 548 g/mol. The van der Waals surface area contributed by atoms with E-state index in [-0.39, 0.29) is 11.2 Å². The Balaban J connectivity index is 1.50. The molecule has 0 aliphatic carbocycles. The van der Waals surface area contributed by atoms with Crippen molar-refractivity contribution in [3.05, 3.63) is 129 Å². The number of hydrogen-bond acceptors (Lipinski definition) is 6. The third kappa shape index (κ3) is 4.80. The second kappa shape index (κ2) is 10.8. The van der Waals surface area contributed by atoms with Crippen molar-refractivity contribution >= 4 is 22.6 Å². The van der Waals surface area contributed by atoms with Crippen LogP contribution >= 0.6 is 0 Å². The van der Waals surface area contributed by atoms with E-state index in [4.69, 9.17) is 18.6 Å². The van der Waals surface area contributed by atoms with E-state index >= 15 is 0 Å². The molecular weight excluding hydrogens is 518 g/mol. The van der Waals surface area contributed by atoms with E-state index in [0.29, 0.717) is 58.2 Å². The fourth-order valence-corrected chi connectivity index (χ4v) is 5.23. The fraction of sp³-hybridized carbons (Fsp3) is 0.176. The van der Waals surface area contributed by atoms with Gasteiger partial charge in [0, 0.05) is 5.69 Å². The van der Waals surface area contributed by atoms with Crippen LogP contribution in [0, 0.1) is 6.92 Å². The Labute approximate surface area is 237 Å². The number of hydrogen-bond donors (Lipinski definition) is 0. The number of carbonyl (C=O) groups is 1. The number of fused-ring (bicyclic) bond motifs is 2. The summed E-state index contributed by atoms with van der Waals surface area (Å²) >= 11 is 0. The molecule has 7 heteroatoms. The maximum Gasteiger partial charge on any atom is 0.295 e. The van der Waals surface area contributed by atoms with Crippen molar-refractivity contribution in [1.29, 1.82) is 0 Å². The molecule has 0 N–H and O–H groups in total. The van der Waals surface area contributed by atoms with Crippen molar-refractivity contribution in [2.45, 2.75) is 26.5 Å². The Morgan fingerprint density at radius 3 is 2.37 bits per heavy atom. The van der Waals surface area contributed by atoms with Gasteiger partial charge >= 0.3 is 0 Å². The number of methoxy groups -OCH3 is 1. The van der Waals surface area contributed by atoms with Gasteiger partial charge in [-0.05, 0) is 73.5 Å².